The van der Waals surface area contributed by atoms with Crippen molar-refractivity contribution in [2.24, 2.45) is 11.7 Å². The molecule has 1 fully saturated rings. The first kappa shape index (κ1) is 13.0. The van der Waals surface area contributed by atoms with E-state index in [-0.39, 0.29) is 23.8 Å². The zero-order valence-corrected chi connectivity index (χ0v) is 9.70. The Bertz CT molecular complexity index is 256. The van der Waals surface area contributed by atoms with Gasteiger partial charge in [-0.3, -0.25) is 9.59 Å². The van der Waals surface area contributed by atoms with Crippen LogP contribution in [0.5, 0.6) is 0 Å². The summed E-state index contributed by atoms with van der Waals surface area (Å²) in [7, 11) is 1.56. The Kier molecular flexibility index (Phi) is 5.25. The molecule has 5 heteroatoms. The molecule has 0 heterocycles. The van der Waals surface area contributed by atoms with Crippen molar-refractivity contribution in [2.45, 2.75) is 38.1 Å². The highest BCUT2D eigenvalue weighted by atomic mass is 16.5. The van der Waals surface area contributed by atoms with Crippen molar-refractivity contribution >= 4 is 11.8 Å². The van der Waals surface area contributed by atoms with E-state index >= 15 is 0 Å². The van der Waals surface area contributed by atoms with Gasteiger partial charge < -0.3 is 15.8 Å². The van der Waals surface area contributed by atoms with E-state index < -0.39 is 0 Å². The monoisotopic (exact) mass is 228 g/mol. The Morgan fingerprint density at radius 3 is 2.69 bits per heavy atom. The number of methoxy groups -OCH3 is 1. The molecular formula is C11H20N2O3. The summed E-state index contributed by atoms with van der Waals surface area (Å²) in [6.45, 7) is 0.403. The molecule has 2 amide bonds. The van der Waals surface area contributed by atoms with E-state index in [4.69, 9.17) is 10.5 Å². The molecule has 0 radical (unpaired) electrons. The zero-order chi connectivity index (χ0) is 12.0. The van der Waals surface area contributed by atoms with Crippen LogP contribution in [-0.2, 0) is 14.3 Å². The molecule has 1 saturated carbocycles. The summed E-state index contributed by atoms with van der Waals surface area (Å²) in [4.78, 5) is 22.7. The van der Waals surface area contributed by atoms with Gasteiger partial charge in [0.2, 0.25) is 11.8 Å². The van der Waals surface area contributed by atoms with E-state index in [1.165, 1.54) is 0 Å². The van der Waals surface area contributed by atoms with Crippen LogP contribution in [0.25, 0.3) is 0 Å². The number of carbonyl (C=O) groups excluding carboxylic acids is 2. The van der Waals surface area contributed by atoms with Crippen LogP contribution in [0.1, 0.15) is 32.1 Å². The quantitative estimate of drug-likeness (QED) is 0.704. The number of carbonyl (C=O) groups is 2. The number of primary amides is 1. The topological polar surface area (TPSA) is 81.4 Å². The van der Waals surface area contributed by atoms with E-state index in [2.05, 4.69) is 5.32 Å². The fraction of sp³-hybridized carbons (Fsp3) is 0.818. The van der Waals surface area contributed by atoms with E-state index in [0.717, 1.165) is 25.7 Å². The van der Waals surface area contributed by atoms with E-state index in [0.29, 0.717) is 13.0 Å². The maximum atomic E-state index is 11.5. The fourth-order valence-electron chi connectivity index (χ4n) is 2.12. The van der Waals surface area contributed by atoms with Crippen molar-refractivity contribution in [3.8, 4) is 0 Å². The Balaban J connectivity index is 2.43. The van der Waals surface area contributed by atoms with E-state index in [1.54, 1.807) is 7.11 Å². The van der Waals surface area contributed by atoms with Crippen molar-refractivity contribution in [1.82, 2.24) is 5.32 Å². The van der Waals surface area contributed by atoms with Gasteiger partial charge in [-0.1, -0.05) is 12.8 Å². The lowest BCUT2D eigenvalue weighted by Crippen LogP contribution is -2.47. The standard InChI is InChI=1S/C11H20N2O3/c1-16-7-6-10(14)13-9-5-3-2-4-8(9)11(12)15/h8-9H,2-7H2,1H3,(H2,12,15)(H,13,14). The summed E-state index contributed by atoms with van der Waals surface area (Å²) >= 11 is 0. The maximum Gasteiger partial charge on any atom is 0.222 e. The van der Waals surface area contributed by atoms with Crippen molar-refractivity contribution in [2.75, 3.05) is 13.7 Å². The predicted molar refractivity (Wildman–Crippen MR) is 59.6 cm³/mol. The van der Waals surface area contributed by atoms with E-state index in [1.807, 2.05) is 0 Å². The number of nitrogens with one attached hydrogen (secondary N) is 1. The number of hydrogen-bond acceptors (Lipinski definition) is 3. The van der Waals surface area contributed by atoms with Crippen LogP contribution in [0, 0.1) is 5.92 Å². The third-order valence-corrected chi connectivity index (χ3v) is 3.01. The van der Waals surface area contributed by atoms with Gasteiger partial charge in [-0.25, -0.2) is 0 Å². The lowest BCUT2D eigenvalue weighted by molar-refractivity contribution is -0.126. The smallest absolute Gasteiger partial charge is 0.222 e. The highest BCUT2D eigenvalue weighted by Gasteiger charge is 2.30. The molecule has 0 saturated heterocycles. The average molecular weight is 228 g/mol. The molecule has 92 valence electrons. The van der Waals surface area contributed by atoms with Gasteiger partial charge in [0, 0.05) is 19.6 Å². The van der Waals surface area contributed by atoms with Gasteiger partial charge in [-0.15, -0.1) is 0 Å². The lowest BCUT2D eigenvalue weighted by atomic mass is 9.84. The third-order valence-electron chi connectivity index (χ3n) is 3.01. The van der Waals surface area contributed by atoms with Crippen LogP contribution < -0.4 is 11.1 Å². The highest BCUT2D eigenvalue weighted by molar-refractivity contribution is 5.80. The van der Waals surface area contributed by atoms with Gasteiger partial charge in [-0.2, -0.15) is 0 Å². The molecule has 5 nitrogen and oxygen atoms in total. The van der Waals surface area contributed by atoms with Crippen LogP contribution in [0.2, 0.25) is 0 Å². The summed E-state index contributed by atoms with van der Waals surface area (Å²) in [5.74, 6) is -0.586. The first-order valence-corrected chi connectivity index (χ1v) is 5.72. The molecule has 2 unspecified atom stereocenters. The predicted octanol–water partition coefficient (Wildman–Crippen LogP) is 0.183. The van der Waals surface area contributed by atoms with Gasteiger partial charge >= 0.3 is 0 Å². The van der Waals surface area contributed by atoms with Crippen LogP contribution >= 0.6 is 0 Å². The molecule has 0 aromatic rings. The average Bonchev–Trinajstić information content (AvgIpc) is 2.27. The molecule has 0 aromatic heterocycles. The third kappa shape index (κ3) is 3.81. The van der Waals surface area contributed by atoms with Gasteiger partial charge in [0.05, 0.1) is 12.5 Å². The van der Waals surface area contributed by atoms with Crippen molar-refractivity contribution < 1.29 is 14.3 Å². The van der Waals surface area contributed by atoms with Crippen LogP contribution in [0.4, 0.5) is 0 Å². The molecular weight excluding hydrogens is 208 g/mol. The van der Waals surface area contributed by atoms with Crippen molar-refractivity contribution in [1.29, 1.82) is 0 Å². The van der Waals surface area contributed by atoms with Gasteiger partial charge in [0.25, 0.3) is 0 Å². The summed E-state index contributed by atoms with van der Waals surface area (Å²) in [6.07, 6.45) is 4.01. The van der Waals surface area contributed by atoms with Crippen molar-refractivity contribution in [3.63, 3.8) is 0 Å². The summed E-state index contributed by atoms with van der Waals surface area (Å²) < 4.78 is 4.82. The Morgan fingerprint density at radius 1 is 1.38 bits per heavy atom. The van der Waals surface area contributed by atoms with Crippen LogP contribution in [-0.4, -0.2) is 31.6 Å². The second-order valence-corrected chi connectivity index (χ2v) is 4.21. The Labute approximate surface area is 95.7 Å². The summed E-state index contributed by atoms with van der Waals surface area (Å²) in [5, 5.41) is 2.87. The molecule has 0 bridgehead atoms. The first-order chi connectivity index (χ1) is 7.65. The number of ether oxygens (including phenoxy) is 1. The molecule has 1 aliphatic rings. The molecule has 3 N–H and O–H groups in total. The van der Waals surface area contributed by atoms with E-state index in [9.17, 15) is 9.59 Å². The SMILES string of the molecule is COCCC(=O)NC1CCCCC1C(N)=O. The second-order valence-electron chi connectivity index (χ2n) is 4.21. The minimum atomic E-state index is -0.309. The molecule has 1 rings (SSSR count). The molecule has 0 spiro atoms. The number of nitrogens with two attached hydrogens (primary N) is 1. The number of hydrogen-bond donors (Lipinski definition) is 2. The fourth-order valence-corrected chi connectivity index (χ4v) is 2.12. The molecule has 2 atom stereocenters. The zero-order valence-electron chi connectivity index (χ0n) is 9.70. The Hall–Kier alpha value is -1.10. The maximum absolute atomic E-state index is 11.5. The van der Waals surface area contributed by atoms with Crippen LogP contribution in [0.3, 0.4) is 0 Å². The summed E-state index contributed by atoms with van der Waals surface area (Å²) in [6, 6.07) is -0.0874. The minimum absolute atomic E-state index is 0.0694. The lowest BCUT2D eigenvalue weighted by Gasteiger charge is -2.29. The largest absolute Gasteiger partial charge is 0.384 e. The van der Waals surface area contributed by atoms with Crippen LogP contribution in [0.15, 0.2) is 0 Å². The molecule has 0 aliphatic heterocycles. The minimum Gasteiger partial charge on any atom is -0.384 e. The first-order valence-electron chi connectivity index (χ1n) is 5.72. The number of rotatable bonds is 5. The normalized spacial score (nSPS) is 25.1. The Morgan fingerprint density at radius 2 is 2.06 bits per heavy atom. The number of amides is 2. The second kappa shape index (κ2) is 6.48. The summed E-state index contributed by atoms with van der Waals surface area (Å²) in [5.41, 5.74) is 5.32. The highest BCUT2D eigenvalue weighted by Crippen LogP contribution is 2.24. The van der Waals surface area contributed by atoms with Gasteiger partial charge in [-0.05, 0) is 12.8 Å². The molecule has 1 aliphatic carbocycles. The van der Waals surface area contributed by atoms with Crippen molar-refractivity contribution in [3.05, 3.63) is 0 Å². The van der Waals surface area contributed by atoms with Gasteiger partial charge in [0.1, 0.15) is 0 Å². The molecule has 16 heavy (non-hydrogen) atoms. The molecule has 0 aromatic carbocycles. The van der Waals surface area contributed by atoms with Gasteiger partial charge in [0.15, 0.2) is 0 Å².